The lowest BCUT2D eigenvalue weighted by Crippen LogP contribution is -2.27. The van der Waals surface area contributed by atoms with Gasteiger partial charge in [0.1, 0.15) is 0 Å². The SMILES string of the molecule is NS(=O)(=O)CCCNS(=O)(=O)c1ccc(Br)cc1Br. The van der Waals surface area contributed by atoms with Crippen LogP contribution in [0.3, 0.4) is 0 Å². The molecule has 10 heteroatoms. The van der Waals surface area contributed by atoms with Crippen LogP contribution in [0.5, 0.6) is 0 Å². The second-order valence-corrected chi connectivity index (χ2v) is 8.93. The molecule has 19 heavy (non-hydrogen) atoms. The number of nitrogens with one attached hydrogen (secondary N) is 1. The van der Waals surface area contributed by atoms with Crippen LogP contribution in [0, 0.1) is 0 Å². The van der Waals surface area contributed by atoms with Crippen LogP contribution in [-0.4, -0.2) is 29.1 Å². The molecule has 0 spiro atoms. The van der Waals surface area contributed by atoms with E-state index in [4.69, 9.17) is 5.14 Å². The first kappa shape index (κ1) is 17.1. The molecule has 6 nitrogen and oxygen atoms in total. The van der Waals surface area contributed by atoms with E-state index in [0.29, 0.717) is 4.47 Å². The Morgan fingerprint density at radius 1 is 1.16 bits per heavy atom. The zero-order chi connectivity index (χ0) is 14.7. The number of sulfonamides is 2. The zero-order valence-electron chi connectivity index (χ0n) is 9.64. The van der Waals surface area contributed by atoms with Crippen molar-refractivity contribution in [1.82, 2.24) is 4.72 Å². The number of rotatable bonds is 6. The third kappa shape index (κ3) is 5.88. The molecule has 0 radical (unpaired) electrons. The molecule has 108 valence electrons. The average molecular weight is 436 g/mol. The lowest BCUT2D eigenvalue weighted by atomic mass is 10.4. The Morgan fingerprint density at radius 3 is 2.32 bits per heavy atom. The van der Waals surface area contributed by atoms with Gasteiger partial charge in [-0.3, -0.25) is 0 Å². The summed E-state index contributed by atoms with van der Waals surface area (Å²) in [6, 6.07) is 4.65. The van der Waals surface area contributed by atoms with Crippen molar-refractivity contribution in [3.8, 4) is 0 Å². The van der Waals surface area contributed by atoms with Gasteiger partial charge in [-0.2, -0.15) is 0 Å². The minimum absolute atomic E-state index is 0.00126. The average Bonchev–Trinajstić information content (AvgIpc) is 2.22. The second-order valence-electron chi connectivity index (χ2n) is 3.69. The third-order valence-corrected chi connectivity index (χ3v) is 5.87. The van der Waals surface area contributed by atoms with Gasteiger partial charge in [-0.1, -0.05) is 15.9 Å². The van der Waals surface area contributed by atoms with Crippen LogP contribution in [0.1, 0.15) is 6.42 Å². The molecule has 1 aromatic carbocycles. The first-order valence-corrected chi connectivity index (χ1v) is 9.85. The predicted molar refractivity (Wildman–Crippen MR) is 79.6 cm³/mol. The van der Waals surface area contributed by atoms with Crippen LogP contribution in [-0.2, 0) is 20.0 Å². The van der Waals surface area contributed by atoms with E-state index in [-0.39, 0.29) is 23.6 Å². The summed E-state index contributed by atoms with van der Waals surface area (Å²) < 4.78 is 48.8. The zero-order valence-corrected chi connectivity index (χ0v) is 14.4. The van der Waals surface area contributed by atoms with Gasteiger partial charge in [0.15, 0.2) is 0 Å². The number of primary sulfonamides is 1. The molecule has 3 N–H and O–H groups in total. The van der Waals surface area contributed by atoms with Gasteiger partial charge in [-0.05, 0) is 40.5 Å². The maximum atomic E-state index is 12.0. The van der Waals surface area contributed by atoms with E-state index in [9.17, 15) is 16.8 Å². The summed E-state index contributed by atoms with van der Waals surface area (Å²) in [6.07, 6.45) is 0.117. The maximum absolute atomic E-state index is 12.0. The van der Waals surface area contributed by atoms with E-state index in [1.165, 1.54) is 6.07 Å². The highest BCUT2D eigenvalue weighted by molar-refractivity contribution is 9.11. The monoisotopic (exact) mass is 434 g/mol. The number of hydrogen-bond acceptors (Lipinski definition) is 4. The summed E-state index contributed by atoms with van der Waals surface area (Å²) >= 11 is 6.38. The van der Waals surface area contributed by atoms with Gasteiger partial charge in [0.25, 0.3) is 0 Å². The fourth-order valence-electron chi connectivity index (χ4n) is 1.25. The molecule has 0 unspecified atom stereocenters. The molecule has 0 bridgehead atoms. The van der Waals surface area contributed by atoms with Crippen LogP contribution in [0.15, 0.2) is 32.0 Å². The van der Waals surface area contributed by atoms with Gasteiger partial charge < -0.3 is 0 Å². The van der Waals surface area contributed by atoms with E-state index in [2.05, 4.69) is 36.6 Å². The summed E-state index contributed by atoms with van der Waals surface area (Å²) in [7, 11) is -7.25. The number of nitrogens with two attached hydrogens (primary N) is 1. The lowest BCUT2D eigenvalue weighted by molar-refractivity contribution is 0.576. The minimum Gasteiger partial charge on any atom is -0.229 e. The topological polar surface area (TPSA) is 106 Å². The molecule has 0 fully saturated rings. The van der Waals surface area contributed by atoms with Crippen LogP contribution in [0.4, 0.5) is 0 Å². The van der Waals surface area contributed by atoms with Crippen molar-refractivity contribution >= 4 is 51.9 Å². The van der Waals surface area contributed by atoms with Gasteiger partial charge >= 0.3 is 0 Å². The van der Waals surface area contributed by atoms with Crippen LogP contribution in [0.2, 0.25) is 0 Å². The van der Waals surface area contributed by atoms with Crippen LogP contribution >= 0.6 is 31.9 Å². The molecule has 0 aromatic heterocycles. The Kier molecular flexibility index (Phi) is 5.96. The van der Waals surface area contributed by atoms with E-state index < -0.39 is 20.0 Å². The highest BCUT2D eigenvalue weighted by atomic mass is 79.9. The van der Waals surface area contributed by atoms with Crippen molar-refractivity contribution in [2.45, 2.75) is 11.3 Å². The van der Waals surface area contributed by atoms with Gasteiger partial charge in [0, 0.05) is 15.5 Å². The van der Waals surface area contributed by atoms with Crippen LogP contribution < -0.4 is 9.86 Å². The Hall–Kier alpha value is -0.000000000000000111. The second kappa shape index (κ2) is 6.64. The summed E-state index contributed by atoms with van der Waals surface area (Å²) in [5.74, 6) is -0.267. The Balaban J connectivity index is 2.71. The van der Waals surface area contributed by atoms with Crippen molar-refractivity contribution in [2.75, 3.05) is 12.3 Å². The van der Waals surface area contributed by atoms with E-state index in [0.717, 1.165) is 4.47 Å². The van der Waals surface area contributed by atoms with E-state index >= 15 is 0 Å². The van der Waals surface area contributed by atoms with E-state index in [1.807, 2.05) is 0 Å². The van der Waals surface area contributed by atoms with Crippen molar-refractivity contribution in [3.05, 3.63) is 27.1 Å². The number of hydrogen-bond donors (Lipinski definition) is 2. The molecule has 0 amide bonds. The summed E-state index contributed by atoms with van der Waals surface area (Å²) in [6.45, 7) is 0.00126. The Morgan fingerprint density at radius 2 is 1.79 bits per heavy atom. The molecule has 0 atom stereocenters. The largest absolute Gasteiger partial charge is 0.241 e. The molecule has 1 rings (SSSR count). The standard InChI is InChI=1S/C9H12Br2N2O4S2/c10-7-2-3-9(8(11)6-7)19(16,17)13-4-1-5-18(12,14)15/h2-3,6,13H,1,4-5H2,(H2,12,14,15). The molecule has 0 saturated heterocycles. The first-order chi connectivity index (χ1) is 8.62. The molecule has 1 aromatic rings. The quantitative estimate of drug-likeness (QED) is 0.654. The highest BCUT2D eigenvalue weighted by Crippen LogP contribution is 2.25. The van der Waals surface area contributed by atoms with Crippen LogP contribution in [0.25, 0.3) is 0 Å². The number of benzene rings is 1. The van der Waals surface area contributed by atoms with Crippen molar-refractivity contribution in [2.24, 2.45) is 5.14 Å². The molecule has 0 aliphatic rings. The Labute approximate surface area is 129 Å². The molecule has 0 saturated carbocycles. The first-order valence-electron chi connectivity index (χ1n) is 5.07. The van der Waals surface area contributed by atoms with E-state index in [1.54, 1.807) is 12.1 Å². The van der Waals surface area contributed by atoms with Crippen molar-refractivity contribution in [3.63, 3.8) is 0 Å². The van der Waals surface area contributed by atoms with Crippen molar-refractivity contribution in [1.29, 1.82) is 0 Å². The maximum Gasteiger partial charge on any atom is 0.241 e. The molecule has 0 heterocycles. The lowest BCUT2D eigenvalue weighted by Gasteiger charge is -2.08. The van der Waals surface area contributed by atoms with Gasteiger partial charge in [0.2, 0.25) is 20.0 Å². The Bertz CT molecular complexity index is 659. The minimum atomic E-state index is -3.68. The summed E-state index contributed by atoms with van der Waals surface area (Å²) in [5, 5.41) is 4.82. The molecular weight excluding hydrogens is 424 g/mol. The van der Waals surface area contributed by atoms with Gasteiger partial charge in [0.05, 0.1) is 10.6 Å². The third-order valence-electron chi connectivity index (χ3n) is 2.08. The van der Waals surface area contributed by atoms with Gasteiger partial charge in [-0.15, -0.1) is 0 Å². The highest BCUT2D eigenvalue weighted by Gasteiger charge is 2.17. The fourth-order valence-corrected chi connectivity index (χ4v) is 4.62. The summed E-state index contributed by atoms with van der Waals surface area (Å²) in [5.41, 5.74) is 0. The molecular formula is C9H12Br2N2O4S2. The summed E-state index contributed by atoms with van der Waals surface area (Å²) in [4.78, 5) is 0.0892. The van der Waals surface area contributed by atoms with Gasteiger partial charge in [-0.25, -0.2) is 26.7 Å². The fraction of sp³-hybridized carbons (Fsp3) is 0.333. The van der Waals surface area contributed by atoms with Crippen molar-refractivity contribution < 1.29 is 16.8 Å². The normalized spacial score (nSPS) is 12.6. The molecule has 0 aliphatic heterocycles. The smallest absolute Gasteiger partial charge is 0.229 e. The predicted octanol–water partition coefficient (Wildman–Crippen LogP) is 1.17. The number of halogens is 2. The molecule has 0 aliphatic carbocycles.